The van der Waals surface area contributed by atoms with E-state index in [2.05, 4.69) is 19.2 Å². The second-order valence-corrected chi connectivity index (χ2v) is 5.21. The van der Waals surface area contributed by atoms with Gasteiger partial charge < -0.3 is 11.1 Å². The highest BCUT2D eigenvalue weighted by molar-refractivity contribution is 5.92. The first kappa shape index (κ1) is 15.4. The van der Waals surface area contributed by atoms with Crippen molar-refractivity contribution >= 4 is 17.3 Å². The Bertz CT molecular complexity index is 435. The van der Waals surface area contributed by atoms with Gasteiger partial charge in [0.1, 0.15) is 5.82 Å². The first-order chi connectivity index (χ1) is 8.88. The highest BCUT2D eigenvalue weighted by atomic mass is 19.1. The molecule has 0 saturated carbocycles. The largest absolute Gasteiger partial charge is 0.399 e. The minimum atomic E-state index is -0.479. The quantitative estimate of drug-likeness (QED) is 0.778. The Balaban J connectivity index is 2.48. The number of nitrogens with one attached hydrogen (secondary N) is 1. The summed E-state index contributed by atoms with van der Waals surface area (Å²) in [6.45, 7) is 5.34. The molecule has 0 bridgehead atoms. The molecule has 0 aliphatic carbocycles. The number of nitrogens with two attached hydrogens (primary N) is 1. The fourth-order valence-electron chi connectivity index (χ4n) is 1.63. The third kappa shape index (κ3) is 5.70. The molecule has 19 heavy (non-hydrogen) atoms. The second kappa shape index (κ2) is 7.09. The summed E-state index contributed by atoms with van der Waals surface area (Å²) in [5.74, 6) is -0.125. The Morgan fingerprint density at radius 3 is 2.79 bits per heavy atom. The summed E-state index contributed by atoms with van der Waals surface area (Å²) >= 11 is 0. The lowest BCUT2D eigenvalue weighted by Crippen LogP contribution is -2.31. The van der Waals surface area contributed by atoms with Crippen molar-refractivity contribution in [2.75, 3.05) is 31.2 Å². The van der Waals surface area contributed by atoms with Crippen molar-refractivity contribution in [2.45, 2.75) is 20.3 Å². The van der Waals surface area contributed by atoms with E-state index in [1.807, 2.05) is 11.9 Å². The molecule has 1 rings (SSSR count). The van der Waals surface area contributed by atoms with Gasteiger partial charge in [0.25, 0.3) is 0 Å². The van der Waals surface area contributed by atoms with Crippen molar-refractivity contribution in [3.8, 4) is 0 Å². The molecule has 5 heteroatoms. The number of hydrogen-bond acceptors (Lipinski definition) is 3. The number of amides is 1. The summed E-state index contributed by atoms with van der Waals surface area (Å²) in [6, 6.07) is 4.12. The van der Waals surface area contributed by atoms with Crippen LogP contribution in [0.15, 0.2) is 18.2 Å². The average Bonchev–Trinajstić information content (AvgIpc) is 2.31. The normalized spacial score (nSPS) is 11.1. The molecule has 0 atom stereocenters. The van der Waals surface area contributed by atoms with Crippen molar-refractivity contribution in [3.63, 3.8) is 0 Å². The van der Waals surface area contributed by atoms with Crippen LogP contribution in [-0.4, -0.2) is 30.9 Å². The van der Waals surface area contributed by atoms with E-state index in [0.29, 0.717) is 11.6 Å². The number of benzene rings is 1. The number of carbonyl (C=O) groups excluding carboxylic acids is 1. The first-order valence-electron chi connectivity index (χ1n) is 6.42. The zero-order valence-electron chi connectivity index (χ0n) is 11.7. The summed E-state index contributed by atoms with van der Waals surface area (Å²) in [5.41, 5.74) is 6.11. The third-order valence-electron chi connectivity index (χ3n) is 2.77. The first-order valence-corrected chi connectivity index (χ1v) is 6.42. The number of hydrogen-bond donors (Lipinski definition) is 2. The fourth-order valence-corrected chi connectivity index (χ4v) is 1.63. The van der Waals surface area contributed by atoms with Crippen LogP contribution in [0.25, 0.3) is 0 Å². The molecule has 0 spiro atoms. The Morgan fingerprint density at radius 1 is 1.47 bits per heavy atom. The van der Waals surface area contributed by atoms with Crippen molar-refractivity contribution in [2.24, 2.45) is 5.92 Å². The summed E-state index contributed by atoms with van der Waals surface area (Å²) in [4.78, 5) is 13.7. The van der Waals surface area contributed by atoms with Crippen molar-refractivity contribution < 1.29 is 9.18 Å². The SMILES string of the molecule is CC(C)CCN(C)CC(=O)Nc1cc(N)ccc1F. The van der Waals surface area contributed by atoms with Crippen molar-refractivity contribution in [3.05, 3.63) is 24.0 Å². The highest BCUT2D eigenvalue weighted by Gasteiger charge is 2.10. The van der Waals surface area contributed by atoms with Crippen LogP contribution < -0.4 is 11.1 Å². The van der Waals surface area contributed by atoms with Crippen LogP contribution in [0.3, 0.4) is 0 Å². The molecule has 0 aromatic heterocycles. The molecule has 0 saturated heterocycles. The summed E-state index contributed by atoms with van der Waals surface area (Å²) < 4.78 is 13.4. The van der Waals surface area contributed by atoms with Crippen LogP contribution in [0.1, 0.15) is 20.3 Å². The van der Waals surface area contributed by atoms with E-state index in [-0.39, 0.29) is 18.1 Å². The molecule has 1 amide bonds. The van der Waals surface area contributed by atoms with E-state index >= 15 is 0 Å². The van der Waals surface area contributed by atoms with Gasteiger partial charge in [0, 0.05) is 5.69 Å². The summed E-state index contributed by atoms with van der Waals surface area (Å²) in [6.07, 6.45) is 1.02. The number of carbonyl (C=O) groups is 1. The molecule has 4 nitrogen and oxygen atoms in total. The van der Waals surface area contributed by atoms with Gasteiger partial charge in [-0.15, -0.1) is 0 Å². The Kier molecular flexibility index (Phi) is 5.76. The monoisotopic (exact) mass is 267 g/mol. The third-order valence-corrected chi connectivity index (χ3v) is 2.77. The molecule has 0 unspecified atom stereocenters. The van der Waals surface area contributed by atoms with Gasteiger partial charge in [-0.05, 0) is 44.1 Å². The van der Waals surface area contributed by atoms with Gasteiger partial charge >= 0.3 is 0 Å². The zero-order valence-corrected chi connectivity index (χ0v) is 11.7. The molecule has 1 aromatic carbocycles. The molecule has 0 radical (unpaired) electrons. The van der Waals surface area contributed by atoms with Crippen molar-refractivity contribution in [1.29, 1.82) is 0 Å². The van der Waals surface area contributed by atoms with Gasteiger partial charge in [-0.1, -0.05) is 13.8 Å². The lowest BCUT2D eigenvalue weighted by Gasteiger charge is -2.17. The molecule has 3 N–H and O–H groups in total. The average molecular weight is 267 g/mol. The van der Waals surface area contributed by atoms with E-state index < -0.39 is 5.82 Å². The number of halogens is 1. The molecule has 0 aliphatic rings. The topological polar surface area (TPSA) is 58.4 Å². The van der Waals surface area contributed by atoms with Crippen LogP contribution in [0.4, 0.5) is 15.8 Å². The molecule has 0 aliphatic heterocycles. The number of anilines is 2. The van der Waals surface area contributed by atoms with E-state index in [1.165, 1.54) is 18.2 Å². The van der Waals surface area contributed by atoms with Crippen LogP contribution in [-0.2, 0) is 4.79 Å². The minimum absolute atomic E-state index is 0.127. The maximum absolute atomic E-state index is 13.4. The Labute approximate surface area is 113 Å². The van der Waals surface area contributed by atoms with Crippen LogP contribution in [0.2, 0.25) is 0 Å². The van der Waals surface area contributed by atoms with Crippen LogP contribution >= 0.6 is 0 Å². The molecule has 1 aromatic rings. The Morgan fingerprint density at radius 2 is 2.16 bits per heavy atom. The molecule has 106 valence electrons. The van der Waals surface area contributed by atoms with Gasteiger partial charge in [-0.25, -0.2) is 4.39 Å². The van der Waals surface area contributed by atoms with Gasteiger partial charge in [-0.3, -0.25) is 9.69 Å². The minimum Gasteiger partial charge on any atom is -0.399 e. The molecular formula is C14H22FN3O. The smallest absolute Gasteiger partial charge is 0.238 e. The number of nitrogen functional groups attached to an aromatic ring is 1. The number of rotatable bonds is 6. The molecule has 0 fully saturated rings. The van der Waals surface area contributed by atoms with E-state index in [1.54, 1.807) is 0 Å². The standard InChI is InChI=1S/C14H22FN3O/c1-10(2)6-7-18(3)9-14(19)17-13-8-11(16)4-5-12(13)15/h4-5,8,10H,6-7,9,16H2,1-3H3,(H,17,19). The summed E-state index contributed by atoms with van der Waals surface area (Å²) in [5, 5.41) is 2.53. The molecular weight excluding hydrogens is 245 g/mol. The van der Waals surface area contributed by atoms with E-state index in [0.717, 1.165) is 13.0 Å². The highest BCUT2D eigenvalue weighted by Crippen LogP contribution is 2.17. The number of nitrogens with zero attached hydrogens (tertiary/aromatic N) is 1. The van der Waals surface area contributed by atoms with Crippen molar-refractivity contribution in [1.82, 2.24) is 4.90 Å². The number of likely N-dealkylation sites (N-methyl/N-ethyl adjacent to an activating group) is 1. The van der Waals surface area contributed by atoms with E-state index in [9.17, 15) is 9.18 Å². The van der Waals surface area contributed by atoms with Gasteiger partial charge in [-0.2, -0.15) is 0 Å². The van der Waals surface area contributed by atoms with E-state index in [4.69, 9.17) is 5.73 Å². The van der Waals surface area contributed by atoms with Gasteiger partial charge in [0.2, 0.25) is 5.91 Å². The van der Waals surface area contributed by atoms with Gasteiger partial charge in [0.15, 0.2) is 0 Å². The van der Waals surface area contributed by atoms with Gasteiger partial charge in [0.05, 0.1) is 12.2 Å². The fraction of sp³-hybridized carbons (Fsp3) is 0.500. The van der Waals surface area contributed by atoms with Crippen LogP contribution in [0, 0.1) is 11.7 Å². The predicted molar refractivity (Wildman–Crippen MR) is 76.4 cm³/mol. The Hall–Kier alpha value is -1.62. The lowest BCUT2D eigenvalue weighted by atomic mass is 10.1. The maximum Gasteiger partial charge on any atom is 0.238 e. The van der Waals surface area contributed by atoms with Crippen LogP contribution in [0.5, 0.6) is 0 Å². The zero-order chi connectivity index (χ0) is 14.4. The second-order valence-electron chi connectivity index (χ2n) is 5.21. The maximum atomic E-state index is 13.4. The summed E-state index contributed by atoms with van der Waals surface area (Å²) in [7, 11) is 1.87. The molecule has 0 heterocycles. The lowest BCUT2D eigenvalue weighted by molar-refractivity contribution is -0.117. The predicted octanol–water partition coefficient (Wildman–Crippen LogP) is 2.32.